The quantitative estimate of drug-likeness (QED) is 0.742. The molecule has 1 saturated heterocycles. The molecular weight excluding hydrogens is 284 g/mol. The summed E-state index contributed by atoms with van der Waals surface area (Å²) in [4.78, 5) is 11.9. The number of aryl methyl sites for hydroxylation is 1. The van der Waals surface area contributed by atoms with Crippen molar-refractivity contribution >= 4 is 11.2 Å². The van der Waals surface area contributed by atoms with E-state index >= 15 is 0 Å². The molecule has 1 aliphatic heterocycles. The first kappa shape index (κ1) is 14.4. The predicted octanol–water partition coefficient (Wildman–Crippen LogP) is 3.55. The van der Waals surface area contributed by atoms with Crippen molar-refractivity contribution in [1.82, 2.24) is 19.4 Å². The highest BCUT2D eigenvalue weighted by Crippen LogP contribution is 2.30. The first-order valence-electron chi connectivity index (χ1n) is 8.30. The Morgan fingerprint density at radius 2 is 2.00 bits per heavy atom. The highest BCUT2D eigenvalue weighted by atomic mass is 15.3. The minimum Gasteiger partial charge on any atom is -0.296 e. The van der Waals surface area contributed by atoms with E-state index < -0.39 is 0 Å². The van der Waals surface area contributed by atoms with E-state index in [0.717, 1.165) is 30.0 Å². The topological polar surface area (TPSA) is 34.0 Å². The molecule has 0 spiro atoms. The summed E-state index contributed by atoms with van der Waals surface area (Å²) in [7, 11) is 2.20. The lowest BCUT2D eigenvalue weighted by Gasteiger charge is -2.23. The van der Waals surface area contributed by atoms with Crippen molar-refractivity contribution in [3.05, 3.63) is 59.5 Å². The van der Waals surface area contributed by atoms with Crippen LogP contribution < -0.4 is 0 Å². The Morgan fingerprint density at radius 1 is 1.17 bits per heavy atom. The average molecular weight is 306 g/mol. The molecule has 0 bridgehead atoms. The molecule has 0 aliphatic carbocycles. The molecule has 3 aromatic rings. The van der Waals surface area contributed by atoms with Crippen LogP contribution in [-0.4, -0.2) is 33.0 Å². The van der Waals surface area contributed by atoms with Crippen molar-refractivity contribution < 1.29 is 0 Å². The third-order valence-electron chi connectivity index (χ3n) is 4.78. The Bertz CT molecular complexity index is 819. The lowest BCUT2D eigenvalue weighted by atomic mass is 10.1. The maximum absolute atomic E-state index is 4.88. The summed E-state index contributed by atoms with van der Waals surface area (Å²) >= 11 is 0. The highest BCUT2D eigenvalue weighted by molar-refractivity contribution is 5.71. The number of nitrogens with zero attached hydrogens (tertiary/aromatic N) is 4. The molecule has 2 aromatic heterocycles. The Labute approximate surface area is 136 Å². The zero-order valence-corrected chi connectivity index (χ0v) is 13.7. The van der Waals surface area contributed by atoms with Gasteiger partial charge in [-0.3, -0.25) is 9.47 Å². The normalized spacial score (nSPS) is 18.8. The van der Waals surface area contributed by atoms with Crippen LogP contribution in [0.5, 0.6) is 0 Å². The van der Waals surface area contributed by atoms with Gasteiger partial charge in [0, 0.05) is 12.6 Å². The lowest BCUT2D eigenvalue weighted by Crippen LogP contribution is -2.25. The molecule has 0 radical (unpaired) electrons. The van der Waals surface area contributed by atoms with Crippen molar-refractivity contribution in [1.29, 1.82) is 0 Å². The molecule has 3 heterocycles. The third kappa shape index (κ3) is 2.63. The number of benzene rings is 1. The Hall–Kier alpha value is -2.20. The molecule has 1 aliphatic rings. The second kappa shape index (κ2) is 5.78. The molecule has 4 nitrogen and oxygen atoms in total. The van der Waals surface area contributed by atoms with Crippen molar-refractivity contribution in [3.8, 4) is 0 Å². The zero-order chi connectivity index (χ0) is 15.8. The van der Waals surface area contributed by atoms with E-state index in [4.69, 9.17) is 4.98 Å². The molecule has 0 amide bonds. The summed E-state index contributed by atoms with van der Waals surface area (Å²) in [6.07, 6.45) is 5.48. The van der Waals surface area contributed by atoms with Gasteiger partial charge >= 0.3 is 0 Å². The van der Waals surface area contributed by atoms with Crippen molar-refractivity contribution in [2.75, 3.05) is 13.6 Å². The molecule has 1 fully saturated rings. The van der Waals surface area contributed by atoms with Crippen LogP contribution in [0.15, 0.2) is 42.6 Å². The summed E-state index contributed by atoms with van der Waals surface area (Å²) in [5, 5.41) is 0. The molecule has 4 rings (SSSR count). The maximum Gasteiger partial charge on any atom is 0.161 e. The number of imidazole rings is 1. The molecule has 23 heavy (non-hydrogen) atoms. The van der Waals surface area contributed by atoms with Gasteiger partial charge in [0.05, 0.1) is 6.17 Å². The maximum atomic E-state index is 4.88. The van der Waals surface area contributed by atoms with Crippen LogP contribution in [0, 0.1) is 6.92 Å². The molecule has 0 N–H and O–H groups in total. The van der Waals surface area contributed by atoms with Crippen LogP contribution in [0.4, 0.5) is 0 Å². The lowest BCUT2D eigenvalue weighted by molar-refractivity contribution is 0.238. The fourth-order valence-electron chi connectivity index (χ4n) is 3.52. The van der Waals surface area contributed by atoms with Gasteiger partial charge in [-0.25, -0.2) is 9.97 Å². The zero-order valence-electron chi connectivity index (χ0n) is 13.7. The van der Waals surface area contributed by atoms with Gasteiger partial charge in [-0.2, -0.15) is 0 Å². The Balaban J connectivity index is 1.80. The summed E-state index contributed by atoms with van der Waals surface area (Å²) < 4.78 is 2.35. The van der Waals surface area contributed by atoms with Gasteiger partial charge in [0.15, 0.2) is 5.65 Å². The standard InChI is InChI=1S/C19H22N4/c1-14-7-9-15(10-8-14)13-17-21-16-5-3-11-20-19(16)23(17)18-6-4-12-22(18)2/h3,5,7-11,18H,4,6,12-13H2,1-2H3. The molecular formula is C19H22N4. The van der Waals surface area contributed by atoms with E-state index in [2.05, 4.69) is 58.8 Å². The van der Waals surface area contributed by atoms with E-state index in [1.807, 2.05) is 12.3 Å². The number of hydrogen-bond donors (Lipinski definition) is 0. The smallest absolute Gasteiger partial charge is 0.161 e. The molecule has 118 valence electrons. The molecule has 1 aromatic carbocycles. The molecule has 1 unspecified atom stereocenters. The van der Waals surface area contributed by atoms with Crippen molar-refractivity contribution in [2.45, 2.75) is 32.4 Å². The number of aromatic nitrogens is 3. The van der Waals surface area contributed by atoms with Crippen LogP contribution in [-0.2, 0) is 6.42 Å². The molecule has 0 saturated carbocycles. The van der Waals surface area contributed by atoms with Crippen molar-refractivity contribution in [2.24, 2.45) is 0 Å². The molecule has 4 heteroatoms. The molecule has 1 atom stereocenters. The first-order chi connectivity index (χ1) is 11.2. The van der Waals surface area contributed by atoms with Crippen LogP contribution >= 0.6 is 0 Å². The van der Waals surface area contributed by atoms with Gasteiger partial charge in [-0.15, -0.1) is 0 Å². The van der Waals surface area contributed by atoms with E-state index in [0.29, 0.717) is 6.17 Å². The van der Waals surface area contributed by atoms with E-state index in [1.165, 1.54) is 24.0 Å². The average Bonchev–Trinajstić information content (AvgIpc) is 3.12. The highest BCUT2D eigenvalue weighted by Gasteiger charge is 2.27. The summed E-state index contributed by atoms with van der Waals surface area (Å²) in [6, 6.07) is 12.8. The minimum atomic E-state index is 0.371. The summed E-state index contributed by atoms with van der Waals surface area (Å²) in [5.74, 6) is 1.11. The van der Waals surface area contributed by atoms with Gasteiger partial charge in [0.1, 0.15) is 11.3 Å². The van der Waals surface area contributed by atoms with Gasteiger partial charge in [0.2, 0.25) is 0 Å². The number of rotatable bonds is 3. The monoisotopic (exact) mass is 306 g/mol. The van der Waals surface area contributed by atoms with Gasteiger partial charge in [-0.05, 0) is 51.1 Å². The van der Waals surface area contributed by atoms with Gasteiger partial charge in [0.25, 0.3) is 0 Å². The minimum absolute atomic E-state index is 0.371. The van der Waals surface area contributed by atoms with Gasteiger partial charge < -0.3 is 0 Å². The van der Waals surface area contributed by atoms with E-state index in [1.54, 1.807) is 0 Å². The SMILES string of the molecule is Cc1ccc(Cc2nc3cccnc3n2C2CCCN2C)cc1. The van der Waals surface area contributed by atoms with Crippen LogP contribution in [0.3, 0.4) is 0 Å². The summed E-state index contributed by atoms with van der Waals surface area (Å²) in [6.45, 7) is 3.26. The van der Waals surface area contributed by atoms with Gasteiger partial charge in [-0.1, -0.05) is 29.8 Å². The van der Waals surface area contributed by atoms with Crippen molar-refractivity contribution in [3.63, 3.8) is 0 Å². The Kier molecular flexibility index (Phi) is 3.62. The van der Waals surface area contributed by atoms with Crippen LogP contribution in [0.2, 0.25) is 0 Å². The fourth-order valence-corrected chi connectivity index (χ4v) is 3.52. The van der Waals surface area contributed by atoms with Crippen LogP contribution in [0.1, 0.15) is 36.0 Å². The number of hydrogen-bond acceptors (Lipinski definition) is 3. The first-order valence-corrected chi connectivity index (χ1v) is 8.30. The van der Waals surface area contributed by atoms with Crippen LogP contribution in [0.25, 0.3) is 11.2 Å². The predicted molar refractivity (Wildman–Crippen MR) is 92.4 cm³/mol. The summed E-state index contributed by atoms with van der Waals surface area (Å²) in [5.41, 5.74) is 4.59. The Morgan fingerprint density at radius 3 is 2.74 bits per heavy atom. The largest absolute Gasteiger partial charge is 0.296 e. The number of pyridine rings is 1. The van der Waals surface area contributed by atoms with E-state index in [9.17, 15) is 0 Å². The number of fused-ring (bicyclic) bond motifs is 1. The van der Waals surface area contributed by atoms with E-state index in [-0.39, 0.29) is 0 Å². The second-order valence-corrected chi connectivity index (χ2v) is 6.51. The fraction of sp³-hybridized carbons (Fsp3) is 0.368. The third-order valence-corrected chi connectivity index (χ3v) is 4.78. The number of likely N-dealkylation sites (tertiary alicyclic amines) is 1. The second-order valence-electron chi connectivity index (χ2n) is 6.51.